The van der Waals surface area contributed by atoms with E-state index in [2.05, 4.69) is 9.97 Å². The second-order valence-corrected chi connectivity index (χ2v) is 3.66. The molecular weight excluding hydrogens is 210 g/mol. The summed E-state index contributed by atoms with van der Waals surface area (Å²) in [6.45, 7) is 5.37. The number of aliphatic carboxylic acids is 1. The summed E-state index contributed by atoms with van der Waals surface area (Å²) in [6.07, 6.45) is -0.0387. The first-order chi connectivity index (χ1) is 7.40. The second-order valence-electron chi connectivity index (χ2n) is 3.66. The van der Waals surface area contributed by atoms with Gasteiger partial charge >= 0.3 is 5.97 Å². The molecule has 0 saturated carbocycles. The minimum atomic E-state index is -1.16. The van der Waals surface area contributed by atoms with E-state index in [0.29, 0.717) is 11.7 Å². The van der Waals surface area contributed by atoms with Crippen LogP contribution in [0, 0.1) is 6.92 Å². The number of carbonyl (C=O) groups is 1. The fourth-order valence-electron chi connectivity index (χ4n) is 1.15. The molecule has 1 heterocycles. The van der Waals surface area contributed by atoms with Crippen molar-refractivity contribution in [3.63, 3.8) is 0 Å². The summed E-state index contributed by atoms with van der Waals surface area (Å²) in [5.74, 6) is -0.354. The van der Waals surface area contributed by atoms with Gasteiger partial charge in [0, 0.05) is 6.07 Å². The van der Waals surface area contributed by atoms with E-state index in [1.807, 2.05) is 13.8 Å². The number of carboxylic acid groups (broad SMARTS) is 1. The number of aryl methyl sites for hydroxylation is 1. The van der Waals surface area contributed by atoms with Gasteiger partial charge in [0.2, 0.25) is 5.88 Å². The number of nitrogens with two attached hydrogens (primary N) is 1. The summed E-state index contributed by atoms with van der Waals surface area (Å²) in [4.78, 5) is 18.7. The molecule has 0 aromatic carbocycles. The van der Waals surface area contributed by atoms with Gasteiger partial charge in [-0.3, -0.25) is 4.79 Å². The predicted molar refractivity (Wildman–Crippen MR) is 57.1 cm³/mol. The molecule has 0 saturated heterocycles. The van der Waals surface area contributed by atoms with Crippen molar-refractivity contribution in [2.24, 2.45) is 5.73 Å². The van der Waals surface area contributed by atoms with Gasteiger partial charge in [0.05, 0.1) is 11.8 Å². The molecule has 0 fully saturated rings. The third kappa shape index (κ3) is 3.16. The van der Waals surface area contributed by atoms with Gasteiger partial charge in [0.1, 0.15) is 11.9 Å². The van der Waals surface area contributed by atoms with Crippen molar-refractivity contribution in [1.82, 2.24) is 9.97 Å². The molecule has 1 atom stereocenters. The van der Waals surface area contributed by atoms with Crippen LogP contribution in [-0.2, 0) is 4.79 Å². The average Bonchev–Trinajstić information content (AvgIpc) is 2.14. The van der Waals surface area contributed by atoms with Crippen LogP contribution in [0.2, 0.25) is 0 Å². The van der Waals surface area contributed by atoms with Crippen LogP contribution >= 0.6 is 0 Å². The summed E-state index contributed by atoms with van der Waals surface area (Å²) >= 11 is 0. The van der Waals surface area contributed by atoms with Crippen LogP contribution in [0.15, 0.2) is 6.07 Å². The van der Waals surface area contributed by atoms with E-state index in [4.69, 9.17) is 15.6 Å². The lowest BCUT2D eigenvalue weighted by Gasteiger charge is -2.12. The molecule has 1 unspecified atom stereocenters. The van der Waals surface area contributed by atoms with Crippen LogP contribution in [-0.4, -0.2) is 27.1 Å². The van der Waals surface area contributed by atoms with Crippen LogP contribution in [0.5, 0.6) is 5.88 Å². The number of nitrogens with zero attached hydrogens (tertiary/aromatic N) is 2. The number of rotatable bonds is 4. The lowest BCUT2D eigenvalue weighted by Crippen LogP contribution is -2.22. The zero-order valence-corrected chi connectivity index (χ0v) is 9.47. The van der Waals surface area contributed by atoms with Crippen molar-refractivity contribution in [3.8, 4) is 5.88 Å². The lowest BCUT2D eigenvalue weighted by atomic mass is 10.2. The van der Waals surface area contributed by atoms with Crippen LogP contribution < -0.4 is 10.5 Å². The van der Waals surface area contributed by atoms with Crippen molar-refractivity contribution in [2.45, 2.75) is 32.9 Å². The minimum Gasteiger partial charge on any atom is -0.480 e. The molecule has 1 aromatic heterocycles. The highest BCUT2D eigenvalue weighted by Gasteiger charge is 2.18. The molecular formula is C10H15N3O3. The first-order valence-corrected chi connectivity index (χ1v) is 4.90. The number of aromatic nitrogens is 2. The molecule has 0 radical (unpaired) electrons. The third-order valence-corrected chi connectivity index (χ3v) is 1.78. The Bertz CT molecular complexity index is 393. The zero-order valence-electron chi connectivity index (χ0n) is 9.47. The highest BCUT2D eigenvalue weighted by molar-refractivity contribution is 5.74. The molecule has 0 amide bonds. The van der Waals surface area contributed by atoms with Crippen LogP contribution in [0.3, 0.4) is 0 Å². The van der Waals surface area contributed by atoms with E-state index >= 15 is 0 Å². The minimum absolute atomic E-state index is 0.0387. The van der Waals surface area contributed by atoms with Crippen molar-refractivity contribution >= 4 is 5.97 Å². The van der Waals surface area contributed by atoms with E-state index in [9.17, 15) is 4.79 Å². The Kier molecular flexibility index (Phi) is 3.78. The van der Waals surface area contributed by atoms with Gasteiger partial charge < -0.3 is 15.6 Å². The number of hydrogen-bond donors (Lipinski definition) is 2. The molecule has 0 aliphatic rings. The molecule has 6 heteroatoms. The maximum Gasteiger partial charge on any atom is 0.326 e. The molecule has 0 spiro atoms. The molecule has 1 rings (SSSR count). The molecule has 0 bridgehead atoms. The first-order valence-electron chi connectivity index (χ1n) is 4.90. The van der Waals surface area contributed by atoms with Gasteiger partial charge in [0.15, 0.2) is 0 Å². The maximum atomic E-state index is 10.7. The van der Waals surface area contributed by atoms with Crippen LogP contribution in [0.4, 0.5) is 0 Å². The van der Waals surface area contributed by atoms with Crippen molar-refractivity contribution in [3.05, 3.63) is 17.6 Å². The summed E-state index contributed by atoms with van der Waals surface area (Å²) in [5.41, 5.74) is 5.71. The first kappa shape index (κ1) is 12.4. The van der Waals surface area contributed by atoms with E-state index < -0.39 is 12.0 Å². The van der Waals surface area contributed by atoms with Gasteiger partial charge in [-0.1, -0.05) is 0 Å². The molecule has 0 aliphatic heterocycles. The summed E-state index contributed by atoms with van der Waals surface area (Å²) in [5, 5.41) is 8.77. The second kappa shape index (κ2) is 4.89. The Morgan fingerprint density at radius 2 is 2.12 bits per heavy atom. The fourth-order valence-corrected chi connectivity index (χ4v) is 1.15. The molecule has 6 nitrogen and oxygen atoms in total. The van der Waals surface area contributed by atoms with Crippen molar-refractivity contribution < 1.29 is 14.6 Å². The smallest absolute Gasteiger partial charge is 0.326 e. The Morgan fingerprint density at radius 1 is 1.50 bits per heavy atom. The Morgan fingerprint density at radius 3 is 2.62 bits per heavy atom. The maximum absolute atomic E-state index is 10.7. The topological polar surface area (TPSA) is 98.3 Å². The lowest BCUT2D eigenvalue weighted by molar-refractivity contribution is -0.138. The standard InChI is InChI=1S/C10H15N3O3/c1-5(2)16-8-4-7(9(11)10(14)15)12-6(3)13-8/h4-5,9H,11H2,1-3H3,(H,14,15). The Balaban J connectivity index is 3.02. The van der Waals surface area contributed by atoms with Crippen LogP contribution in [0.1, 0.15) is 31.4 Å². The quantitative estimate of drug-likeness (QED) is 0.780. The van der Waals surface area contributed by atoms with Gasteiger partial charge in [-0.15, -0.1) is 0 Å². The molecule has 0 aliphatic carbocycles. The monoisotopic (exact) mass is 225 g/mol. The fraction of sp³-hybridized carbons (Fsp3) is 0.500. The van der Waals surface area contributed by atoms with Crippen molar-refractivity contribution in [1.29, 1.82) is 0 Å². The molecule has 1 aromatic rings. The molecule has 88 valence electrons. The molecule has 3 N–H and O–H groups in total. The van der Waals surface area contributed by atoms with Crippen molar-refractivity contribution in [2.75, 3.05) is 0 Å². The highest BCUT2D eigenvalue weighted by Crippen LogP contribution is 2.15. The largest absolute Gasteiger partial charge is 0.480 e. The van der Waals surface area contributed by atoms with Crippen LogP contribution in [0.25, 0.3) is 0 Å². The Hall–Kier alpha value is -1.69. The average molecular weight is 225 g/mol. The van der Waals surface area contributed by atoms with E-state index in [0.717, 1.165) is 0 Å². The van der Waals surface area contributed by atoms with Gasteiger partial charge in [0.25, 0.3) is 0 Å². The zero-order chi connectivity index (χ0) is 12.3. The van der Waals surface area contributed by atoms with E-state index in [-0.39, 0.29) is 11.8 Å². The Labute approximate surface area is 93.5 Å². The van der Waals surface area contributed by atoms with Gasteiger partial charge in [-0.2, -0.15) is 4.98 Å². The number of carboxylic acids is 1. The summed E-state index contributed by atoms with van der Waals surface area (Å²) < 4.78 is 5.37. The highest BCUT2D eigenvalue weighted by atomic mass is 16.5. The van der Waals surface area contributed by atoms with E-state index in [1.54, 1.807) is 6.92 Å². The number of hydrogen-bond acceptors (Lipinski definition) is 5. The summed E-state index contributed by atoms with van der Waals surface area (Å²) in [7, 11) is 0. The SMILES string of the molecule is Cc1nc(OC(C)C)cc(C(N)C(=O)O)n1. The van der Waals surface area contributed by atoms with Gasteiger partial charge in [-0.25, -0.2) is 4.98 Å². The predicted octanol–water partition coefficient (Wildman–Crippen LogP) is 0.657. The summed E-state index contributed by atoms with van der Waals surface area (Å²) in [6, 6.07) is 0.294. The third-order valence-electron chi connectivity index (χ3n) is 1.78. The van der Waals surface area contributed by atoms with E-state index in [1.165, 1.54) is 6.07 Å². The van der Waals surface area contributed by atoms with Gasteiger partial charge in [-0.05, 0) is 20.8 Å². The number of ether oxygens (including phenoxy) is 1. The normalized spacial score (nSPS) is 12.6. The molecule has 16 heavy (non-hydrogen) atoms.